The number of benzene rings is 6. The van der Waals surface area contributed by atoms with E-state index < -0.39 is 5.41 Å². The molecule has 0 N–H and O–H groups in total. The third kappa shape index (κ3) is 2.16. The smallest absolute Gasteiger partial charge is 0.0755 e. The maximum atomic E-state index is 7.09. The van der Waals surface area contributed by atoms with Gasteiger partial charge in [-0.25, -0.2) is 0 Å². The Bertz CT molecular complexity index is 2110. The fourth-order valence-electron chi connectivity index (χ4n) is 7.37. The van der Waals surface area contributed by atoms with E-state index in [1.807, 2.05) is 6.07 Å². The quantitative estimate of drug-likeness (QED) is 0.200. The second kappa shape index (κ2) is 6.70. The van der Waals surface area contributed by atoms with Crippen molar-refractivity contribution >= 4 is 44.2 Å². The predicted octanol–water partition coefficient (Wildman–Crippen LogP) is 9.27. The van der Waals surface area contributed by atoms with Gasteiger partial charge < -0.3 is 4.57 Å². The number of rotatable bonds is 0. The van der Waals surface area contributed by atoms with Crippen molar-refractivity contribution in [1.82, 2.24) is 4.57 Å². The number of nitrogens with zero attached hydrogens (tertiary/aromatic N) is 1. The largest absolute Gasteiger partial charge is 0.309 e. The fourth-order valence-corrected chi connectivity index (χ4v) is 7.64. The lowest BCUT2D eigenvalue weighted by atomic mass is 9.65. The van der Waals surface area contributed by atoms with E-state index in [9.17, 15) is 0 Å². The molecule has 1 spiro atoms. The summed E-state index contributed by atoms with van der Waals surface area (Å²) in [7, 11) is 0. The van der Waals surface area contributed by atoms with Gasteiger partial charge in [0, 0.05) is 21.4 Å². The zero-order valence-corrected chi connectivity index (χ0v) is 20.6. The molecule has 1 atom stereocenters. The standard InChI is InChI=1S/C35H20ClN/c36-29-16-8-14-26-33(29)32-22-10-2-1-9-21(22)19-20-27(32)35(26)25-13-4-6-18-31(25)37-30-17-5-3-11-23(30)24-12-7-15-28(35)34(24)37/h1-20H. The van der Waals surface area contributed by atoms with Crippen LogP contribution in [0.4, 0.5) is 0 Å². The maximum absolute atomic E-state index is 7.09. The van der Waals surface area contributed by atoms with E-state index in [0.29, 0.717) is 0 Å². The second-order valence-electron chi connectivity index (χ2n) is 10.2. The molecule has 1 aliphatic heterocycles. The van der Waals surface area contributed by atoms with E-state index in [1.165, 1.54) is 66.1 Å². The van der Waals surface area contributed by atoms with Gasteiger partial charge in [-0.3, -0.25) is 0 Å². The van der Waals surface area contributed by atoms with Gasteiger partial charge in [0.05, 0.1) is 22.1 Å². The van der Waals surface area contributed by atoms with Crippen molar-refractivity contribution in [2.24, 2.45) is 0 Å². The number of fused-ring (bicyclic) bond motifs is 14. The summed E-state index contributed by atoms with van der Waals surface area (Å²) in [5.74, 6) is 0. The molecule has 0 radical (unpaired) electrons. The Morgan fingerprint density at radius 3 is 2.11 bits per heavy atom. The lowest BCUT2D eigenvalue weighted by Gasteiger charge is -2.39. The van der Waals surface area contributed by atoms with Crippen molar-refractivity contribution in [3.05, 3.63) is 149 Å². The van der Waals surface area contributed by atoms with Crippen LogP contribution in [0.1, 0.15) is 22.3 Å². The third-order valence-corrected chi connectivity index (χ3v) is 8.96. The second-order valence-corrected chi connectivity index (χ2v) is 10.6. The molecule has 1 aromatic heterocycles. The number of hydrogen-bond donors (Lipinski definition) is 0. The first-order chi connectivity index (χ1) is 18.3. The fraction of sp³-hybridized carbons (Fsp3) is 0.0286. The van der Waals surface area contributed by atoms with Gasteiger partial charge in [0.25, 0.3) is 0 Å². The molecule has 7 aromatic rings. The van der Waals surface area contributed by atoms with E-state index in [2.05, 4.69) is 120 Å². The molecule has 9 rings (SSSR count). The van der Waals surface area contributed by atoms with E-state index in [0.717, 1.165) is 10.6 Å². The van der Waals surface area contributed by atoms with E-state index >= 15 is 0 Å². The number of aromatic nitrogens is 1. The average molecular weight is 490 g/mol. The number of halogens is 1. The Hall–Kier alpha value is -4.33. The molecule has 37 heavy (non-hydrogen) atoms. The van der Waals surface area contributed by atoms with Crippen molar-refractivity contribution in [1.29, 1.82) is 0 Å². The van der Waals surface area contributed by atoms with E-state index in [1.54, 1.807) is 0 Å². The number of para-hydroxylation sites is 3. The highest BCUT2D eigenvalue weighted by molar-refractivity contribution is 6.34. The first kappa shape index (κ1) is 19.8. The Morgan fingerprint density at radius 1 is 0.486 bits per heavy atom. The molecule has 172 valence electrons. The summed E-state index contributed by atoms with van der Waals surface area (Å²) < 4.78 is 2.48. The van der Waals surface area contributed by atoms with Crippen LogP contribution in [0.25, 0.3) is 49.4 Å². The first-order valence-electron chi connectivity index (χ1n) is 12.7. The maximum Gasteiger partial charge on any atom is 0.0755 e. The molecule has 0 fully saturated rings. The van der Waals surface area contributed by atoms with Crippen molar-refractivity contribution in [3.8, 4) is 16.8 Å². The molecule has 1 aliphatic carbocycles. The molecule has 0 bridgehead atoms. The minimum atomic E-state index is -0.458. The molecule has 0 amide bonds. The zero-order valence-electron chi connectivity index (χ0n) is 19.9. The third-order valence-electron chi connectivity index (χ3n) is 8.65. The molecular weight excluding hydrogens is 470 g/mol. The Labute approximate surface area is 219 Å². The van der Waals surface area contributed by atoms with Crippen LogP contribution in [-0.2, 0) is 5.41 Å². The molecule has 0 saturated heterocycles. The van der Waals surface area contributed by atoms with Gasteiger partial charge in [0.2, 0.25) is 0 Å². The van der Waals surface area contributed by atoms with Crippen LogP contribution in [0, 0.1) is 0 Å². The normalized spacial score (nSPS) is 16.9. The summed E-state index contributed by atoms with van der Waals surface area (Å²) in [5, 5.41) is 5.87. The van der Waals surface area contributed by atoms with E-state index in [-0.39, 0.29) is 0 Å². The van der Waals surface area contributed by atoms with Crippen LogP contribution in [0.3, 0.4) is 0 Å². The summed E-state index contributed by atoms with van der Waals surface area (Å²) in [5.41, 5.74) is 10.9. The van der Waals surface area contributed by atoms with Crippen LogP contribution in [0.5, 0.6) is 0 Å². The topological polar surface area (TPSA) is 4.93 Å². The van der Waals surface area contributed by atoms with Gasteiger partial charge in [-0.1, -0.05) is 115 Å². The molecule has 0 saturated carbocycles. The summed E-state index contributed by atoms with van der Waals surface area (Å²) >= 11 is 7.09. The van der Waals surface area contributed by atoms with Gasteiger partial charge in [-0.15, -0.1) is 0 Å². The van der Waals surface area contributed by atoms with Crippen LogP contribution >= 0.6 is 11.6 Å². The lowest BCUT2D eigenvalue weighted by Crippen LogP contribution is -2.33. The van der Waals surface area contributed by atoms with Crippen molar-refractivity contribution in [2.45, 2.75) is 5.41 Å². The van der Waals surface area contributed by atoms with Gasteiger partial charge >= 0.3 is 0 Å². The minimum absolute atomic E-state index is 0.458. The van der Waals surface area contributed by atoms with Crippen molar-refractivity contribution in [3.63, 3.8) is 0 Å². The van der Waals surface area contributed by atoms with Crippen LogP contribution in [0.2, 0.25) is 5.02 Å². The molecule has 2 aliphatic rings. The SMILES string of the molecule is Clc1cccc2c1-c1c(ccc3ccccc13)C21c2ccccc2-n2c3ccccc3c3cccc1c32. The van der Waals surface area contributed by atoms with Crippen molar-refractivity contribution < 1.29 is 0 Å². The van der Waals surface area contributed by atoms with Crippen LogP contribution in [0.15, 0.2) is 121 Å². The van der Waals surface area contributed by atoms with Crippen LogP contribution in [-0.4, -0.2) is 4.57 Å². The Balaban J connectivity index is 1.60. The first-order valence-corrected chi connectivity index (χ1v) is 13.1. The van der Waals surface area contributed by atoms with E-state index in [4.69, 9.17) is 11.6 Å². The van der Waals surface area contributed by atoms with Crippen LogP contribution < -0.4 is 0 Å². The summed E-state index contributed by atoms with van der Waals surface area (Å²) in [6.07, 6.45) is 0. The Kier molecular flexibility index (Phi) is 3.59. The molecule has 2 heteroatoms. The number of hydrogen-bond acceptors (Lipinski definition) is 0. The average Bonchev–Trinajstić information content (AvgIpc) is 3.45. The van der Waals surface area contributed by atoms with Crippen molar-refractivity contribution in [2.75, 3.05) is 0 Å². The molecule has 6 aromatic carbocycles. The van der Waals surface area contributed by atoms with Gasteiger partial charge in [0.15, 0.2) is 0 Å². The summed E-state index contributed by atoms with van der Waals surface area (Å²) in [6.45, 7) is 0. The Morgan fingerprint density at radius 2 is 1.16 bits per heavy atom. The predicted molar refractivity (Wildman–Crippen MR) is 154 cm³/mol. The molecule has 2 heterocycles. The summed E-state index contributed by atoms with van der Waals surface area (Å²) in [6, 6.07) is 44.3. The monoisotopic (exact) mass is 489 g/mol. The summed E-state index contributed by atoms with van der Waals surface area (Å²) in [4.78, 5) is 0. The molecule has 1 unspecified atom stereocenters. The highest BCUT2D eigenvalue weighted by atomic mass is 35.5. The molecule has 1 nitrogen and oxygen atoms in total. The lowest BCUT2D eigenvalue weighted by molar-refractivity contribution is 0.749. The zero-order chi connectivity index (χ0) is 24.3. The highest BCUT2D eigenvalue weighted by Crippen LogP contribution is 2.63. The minimum Gasteiger partial charge on any atom is -0.309 e. The molecular formula is C35H20ClN. The van der Waals surface area contributed by atoms with Gasteiger partial charge in [-0.2, -0.15) is 0 Å². The highest BCUT2D eigenvalue weighted by Gasteiger charge is 2.51. The van der Waals surface area contributed by atoms with Gasteiger partial charge in [-0.05, 0) is 56.8 Å². The van der Waals surface area contributed by atoms with Gasteiger partial charge in [0.1, 0.15) is 0 Å².